The lowest BCUT2D eigenvalue weighted by Gasteiger charge is -2.32. The number of aromatic nitrogens is 2. The van der Waals surface area contributed by atoms with Gasteiger partial charge in [-0.2, -0.15) is 0 Å². The van der Waals surface area contributed by atoms with Crippen LogP contribution in [0.2, 0.25) is 0 Å². The van der Waals surface area contributed by atoms with Crippen molar-refractivity contribution in [2.45, 2.75) is 18.9 Å². The molecule has 0 saturated carbocycles. The number of rotatable bonds is 2. The standard InChI is InChI=1S/C18H15BrN2/c1-2-18(13-7-9-14(19)10-8-13)16-6-4-3-5-15(16)17-20-11-12-21(17)18/h3-12H,2H2,1H3. The highest BCUT2D eigenvalue weighted by atomic mass is 79.9. The Morgan fingerprint density at radius 3 is 2.62 bits per heavy atom. The van der Waals surface area contributed by atoms with Crippen LogP contribution >= 0.6 is 15.9 Å². The van der Waals surface area contributed by atoms with Crippen LogP contribution in [0.5, 0.6) is 0 Å². The zero-order valence-corrected chi connectivity index (χ0v) is 13.3. The Morgan fingerprint density at radius 2 is 1.86 bits per heavy atom. The van der Waals surface area contributed by atoms with Gasteiger partial charge in [0, 0.05) is 22.4 Å². The maximum Gasteiger partial charge on any atom is 0.141 e. The molecule has 1 aliphatic heterocycles. The lowest BCUT2D eigenvalue weighted by molar-refractivity contribution is 0.437. The highest BCUT2D eigenvalue weighted by molar-refractivity contribution is 9.10. The minimum absolute atomic E-state index is 0.150. The average molecular weight is 339 g/mol. The molecule has 0 fully saturated rings. The summed E-state index contributed by atoms with van der Waals surface area (Å²) in [6, 6.07) is 17.3. The lowest BCUT2D eigenvalue weighted by Crippen LogP contribution is -2.32. The van der Waals surface area contributed by atoms with Crippen LogP contribution in [0.4, 0.5) is 0 Å². The Hall–Kier alpha value is -1.87. The number of halogens is 1. The van der Waals surface area contributed by atoms with Crippen molar-refractivity contribution in [2.24, 2.45) is 0 Å². The summed E-state index contributed by atoms with van der Waals surface area (Å²) in [7, 11) is 0. The van der Waals surface area contributed by atoms with Gasteiger partial charge in [-0.15, -0.1) is 0 Å². The van der Waals surface area contributed by atoms with Gasteiger partial charge in [-0.25, -0.2) is 4.98 Å². The summed E-state index contributed by atoms with van der Waals surface area (Å²) in [5.74, 6) is 1.07. The quantitative estimate of drug-likeness (QED) is 0.654. The molecular weight excluding hydrogens is 324 g/mol. The molecule has 0 saturated heterocycles. The first-order valence-corrected chi connectivity index (χ1v) is 7.96. The van der Waals surface area contributed by atoms with Crippen molar-refractivity contribution in [1.82, 2.24) is 9.55 Å². The van der Waals surface area contributed by atoms with Gasteiger partial charge in [0.15, 0.2) is 0 Å². The van der Waals surface area contributed by atoms with Gasteiger partial charge in [0.25, 0.3) is 0 Å². The second-order valence-corrected chi connectivity index (χ2v) is 6.30. The fourth-order valence-electron chi connectivity index (χ4n) is 3.56. The zero-order valence-electron chi connectivity index (χ0n) is 11.8. The lowest BCUT2D eigenvalue weighted by atomic mass is 9.81. The predicted molar refractivity (Wildman–Crippen MR) is 88.3 cm³/mol. The normalized spacial score (nSPS) is 19.3. The molecular formula is C18H15BrN2. The minimum Gasteiger partial charge on any atom is -0.317 e. The van der Waals surface area contributed by atoms with E-state index < -0.39 is 0 Å². The van der Waals surface area contributed by atoms with E-state index in [0.717, 1.165) is 16.7 Å². The van der Waals surface area contributed by atoms with Crippen molar-refractivity contribution < 1.29 is 0 Å². The molecule has 2 heterocycles. The molecule has 4 rings (SSSR count). The molecule has 2 nitrogen and oxygen atoms in total. The van der Waals surface area contributed by atoms with Crippen molar-refractivity contribution in [3.63, 3.8) is 0 Å². The van der Waals surface area contributed by atoms with E-state index in [2.05, 4.69) is 87.1 Å². The molecule has 1 aliphatic rings. The number of hydrogen-bond donors (Lipinski definition) is 0. The van der Waals surface area contributed by atoms with Crippen molar-refractivity contribution in [1.29, 1.82) is 0 Å². The number of fused-ring (bicyclic) bond motifs is 3. The summed E-state index contributed by atoms with van der Waals surface area (Å²) in [6.07, 6.45) is 4.99. The number of nitrogens with zero attached hydrogens (tertiary/aromatic N) is 2. The molecule has 104 valence electrons. The van der Waals surface area contributed by atoms with Gasteiger partial charge < -0.3 is 4.57 Å². The van der Waals surface area contributed by atoms with Crippen LogP contribution in [0.25, 0.3) is 11.4 Å². The fraction of sp³-hybridized carbons (Fsp3) is 0.167. The number of imidazole rings is 1. The van der Waals surface area contributed by atoms with Crippen molar-refractivity contribution in [3.05, 3.63) is 76.5 Å². The molecule has 0 amide bonds. The van der Waals surface area contributed by atoms with Crippen LogP contribution in [-0.2, 0) is 5.54 Å². The topological polar surface area (TPSA) is 17.8 Å². The SMILES string of the molecule is CCC1(c2ccc(Br)cc2)c2ccccc2-c2nccn21. The molecule has 0 radical (unpaired) electrons. The maximum atomic E-state index is 4.58. The summed E-state index contributed by atoms with van der Waals surface area (Å²) < 4.78 is 3.43. The summed E-state index contributed by atoms with van der Waals surface area (Å²) >= 11 is 3.53. The smallest absolute Gasteiger partial charge is 0.141 e. The van der Waals surface area contributed by atoms with Crippen LogP contribution in [-0.4, -0.2) is 9.55 Å². The third-order valence-electron chi connectivity index (χ3n) is 4.50. The number of benzene rings is 2. The molecule has 1 aromatic heterocycles. The molecule has 3 heteroatoms. The molecule has 0 N–H and O–H groups in total. The molecule has 1 atom stereocenters. The Labute approximate surface area is 132 Å². The second kappa shape index (κ2) is 4.57. The summed E-state index contributed by atoms with van der Waals surface area (Å²) in [4.78, 5) is 4.58. The largest absolute Gasteiger partial charge is 0.317 e. The molecule has 3 aromatic rings. The second-order valence-electron chi connectivity index (χ2n) is 5.39. The van der Waals surface area contributed by atoms with Crippen LogP contribution in [0.1, 0.15) is 24.5 Å². The summed E-state index contributed by atoms with van der Waals surface area (Å²) in [5.41, 5.74) is 3.74. The first-order valence-electron chi connectivity index (χ1n) is 7.17. The summed E-state index contributed by atoms with van der Waals surface area (Å²) in [5, 5.41) is 0. The molecule has 21 heavy (non-hydrogen) atoms. The van der Waals surface area contributed by atoms with E-state index in [1.165, 1.54) is 16.7 Å². The first kappa shape index (κ1) is 12.8. The van der Waals surface area contributed by atoms with E-state index in [4.69, 9.17) is 0 Å². The minimum atomic E-state index is -0.150. The number of hydrogen-bond acceptors (Lipinski definition) is 1. The zero-order chi connectivity index (χ0) is 14.4. The van der Waals surface area contributed by atoms with Gasteiger partial charge in [-0.1, -0.05) is 59.3 Å². The van der Waals surface area contributed by atoms with Gasteiger partial charge in [-0.3, -0.25) is 0 Å². The third kappa shape index (κ3) is 1.61. The Bertz CT molecular complexity index is 804. The molecule has 1 unspecified atom stereocenters. The van der Waals surface area contributed by atoms with E-state index in [1.807, 2.05) is 6.20 Å². The molecule has 2 aromatic carbocycles. The van der Waals surface area contributed by atoms with Crippen LogP contribution in [0, 0.1) is 0 Å². The summed E-state index contributed by atoms with van der Waals surface area (Å²) in [6.45, 7) is 2.24. The molecule has 0 aliphatic carbocycles. The van der Waals surface area contributed by atoms with Crippen molar-refractivity contribution in [3.8, 4) is 11.4 Å². The highest BCUT2D eigenvalue weighted by Crippen LogP contribution is 2.48. The van der Waals surface area contributed by atoms with Gasteiger partial charge in [0.1, 0.15) is 5.82 Å². The first-order chi connectivity index (χ1) is 10.3. The highest BCUT2D eigenvalue weighted by Gasteiger charge is 2.43. The van der Waals surface area contributed by atoms with Crippen LogP contribution < -0.4 is 0 Å². The average Bonchev–Trinajstić information content (AvgIpc) is 3.09. The van der Waals surface area contributed by atoms with E-state index in [-0.39, 0.29) is 5.54 Å². The van der Waals surface area contributed by atoms with Crippen LogP contribution in [0.3, 0.4) is 0 Å². The van der Waals surface area contributed by atoms with Crippen molar-refractivity contribution in [2.75, 3.05) is 0 Å². The Balaban J connectivity index is 2.07. The van der Waals surface area contributed by atoms with Gasteiger partial charge in [0.2, 0.25) is 0 Å². The van der Waals surface area contributed by atoms with Gasteiger partial charge >= 0.3 is 0 Å². The maximum absolute atomic E-state index is 4.58. The van der Waals surface area contributed by atoms with E-state index in [9.17, 15) is 0 Å². The third-order valence-corrected chi connectivity index (χ3v) is 5.03. The Morgan fingerprint density at radius 1 is 1.10 bits per heavy atom. The predicted octanol–water partition coefficient (Wildman–Crippen LogP) is 4.83. The van der Waals surface area contributed by atoms with Gasteiger partial charge in [-0.05, 0) is 29.7 Å². The van der Waals surface area contributed by atoms with Crippen molar-refractivity contribution >= 4 is 15.9 Å². The fourth-order valence-corrected chi connectivity index (χ4v) is 3.83. The Kier molecular flexibility index (Phi) is 2.79. The van der Waals surface area contributed by atoms with Gasteiger partial charge in [0.05, 0.1) is 5.54 Å². The molecule has 0 spiro atoms. The van der Waals surface area contributed by atoms with E-state index in [1.54, 1.807) is 0 Å². The van der Waals surface area contributed by atoms with E-state index in [0.29, 0.717) is 0 Å². The monoisotopic (exact) mass is 338 g/mol. The van der Waals surface area contributed by atoms with E-state index >= 15 is 0 Å². The molecule has 0 bridgehead atoms. The van der Waals surface area contributed by atoms with Crippen LogP contribution in [0.15, 0.2) is 65.4 Å².